The lowest BCUT2D eigenvalue weighted by molar-refractivity contribution is -0.396. The molecule has 0 unspecified atom stereocenters. The molecule has 0 aromatic rings. The molecule has 344 valence electrons. The van der Waals surface area contributed by atoms with Gasteiger partial charge < -0.3 is 115 Å². The van der Waals surface area contributed by atoms with Crippen molar-refractivity contribution in [2.24, 2.45) is 5.73 Å². The molecule has 4 heterocycles. The van der Waals surface area contributed by atoms with E-state index in [1.165, 1.54) is 6.92 Å². The molecule has 0 aromatic heterocycles. The second-order valence-corrected chi connectivity index (χ2v) is 15.0. The van der Waals surface area contributed by atoms with Crippen molar-refractivity contribution in [3.05, 3.63) is 0 Å². The molecule has 4 fully saturated rings. The Morgan fingerprint density at radius 2 is 1.44 bits per heavy atom. The summed E-state index contributed by atoms with van der Waals surface area (Å²) in [5, 5.41) is 141. The number of carbonyl (C=O) groups is 2. The lowest BCUT2D eigenvalue weighted by atomic mass is 9.88. The third kappa shape index (κ3) is 11.4. The van der Waals surface area contributed by atoms with Crippen molar-refractivity contribution in [3.63, 3.8) is 0 Å². The van der Waals surface area contributed by atoms with Crippen molar-refractivity contribution in [2.45, 2.75) is 168 Å². The number of rotatable bonds is 19. The van der Waals surface area contributed by atoms with Crippen molar-refractivity contribution in [2.75, 3.05) is 33.0 Å². The van der Waals surface area contributed by atoms with Gasteiger partial charge in [0.2, 0.25) is 5.91 Å². The number of nitrogens with two attached hydrogens (primary N) is 1. The number of ether oxygens (including phenoxy) is 8. The minimum absolute atomic E-state index is 0.0573. The van der Waals surface area contributed by atoms with Gasteiger partial charge in [-0.05, 0) is 32.7 Å². The van der Waals surface area contributed by atoms with Gasteiger partial charge in [0.15, 0.2) is 18.9 Å². The quantitative estimate of drug-likeness (QED) is 0.0536. The molecular weight excluding hydrogens is 804 g/mol. The summed E-state index contributed by atoms with van der Waals surface area (Å²) in [5.41, 5.74) is 5.52. The number of carboxylic acid groups (broad SMARTS) is 1. The first kappa shape index (κ1) is 49.8. The summed E-state index contributed by atoms with van der Waals surface area (Å²) < 4.78 is 45.9. The van der Waals surface area contributed by atoms with Crippen LogP contribution in [0.4, 0.5) is 0 Å². The highest BCUT2D eigenvalue weighted by Crippen LogP contribution is 2.40. The minimum Gasteiger partial charge on any atom is -0.477 e. The topological polar surface area (TPSA) is 409 Å². The normalized spacial score (nSPS) is 44.1. The first-order valence-electron chi connectivity index (χ1n) is 19.3. The van der Waals surface area contributed by atoms with Crippen LogP contribution in [-0.2, 0) is 47.5 Å². The highest BCUT2D eigenvalue weighted by Gasteiger charge is 2.61. The highest BCUT2D eigenvalue weighted by atomic mass is 16.8. The van der Waals surface area contributed by atoms with Crippen LogP contribution >= 0.6 is 0 Å². The zero-order valence-corrected chi connectivity index (χ0v) is 32.4. The van der Waals surface area contributed by atoms with Gasteiger partial charge in [-0.3, -0.25) is 4.79 Å². The van der Waals surface area contributed by atoms with Crippen LogP contribution in [0.2, 0.25) is 0 Å². The second kappa shape index (κ2) is 21.9. The first-order valence-corrected chi connectivity index (χ1v) is 19.3. The van der Waals surface area contributed by atoms with Gasteiger partial charge in [0.25, 0.3) is 5.79 Å². The average molecular weight is 865 g/mol. The van der Waals surface area contributed by atoms with Gasteiger partial charge in [-0.1, -0.05) is 0 Å². The van der Waals surface area contributed by atoms with E-state index in [1.54, 1.807) is 0 Å². The van der Waals surface area contributed by atoms with E-state index in [0.29, 0.717) is 25.8 Å². The maximum absolute atomic E-state index is 13.1. The number of nitrogens with one attached hydrogen (secondary N) is 1. The molecule has 16 N–H and O–H groups in total. The molecule has 4 aliphatic heterocycles. The molecule has 21 atom stereocenters. The van der Waals surface area contributed by atoms with E-state index >= 15 is 0 Å². The zero-order valence-electron chi connectivity index (χ0n) is 32.4. The molecule has 0 bridgehead atoms. The summed E-state index contributed by atoms with van der Waals surface area (Å²) in [6.07, 6.45) is -34.6. The molecule has 0 aliphatic carbocycles. The molecule has 0 saturated carbocycles. The van der Waals surface area contributed by atoms with Gasteiger partial charge >= 0.3 is 5.97 Å². The Morgan fingerprint density at radius 1 is 0.797 bits per heavy atom. The third-order valence-corrected chi connectivity index (χ3v) is 10.7. The predicted octanol–water partition coefficient (Wildman–Crippen LogP) is -8.22. The molecule has 25 heteroatoms. The van der Waals surface area contributed by atoms with Crippen molar-refractivity contribution in [1.29, 1.82) is 0 Å². The standard InChI is InChI=1S/C34H60N2O23/c1-12-25(21(45)22(46)30(49)53-12)56-29-24(48)32(57-28-20(44)16(10-38)54-31(23(28)47)52-7-5-3-4-6-35)55-17(11-39)26(29)58-34(33(50)51)8-14(41)18(36-13(2)40)27(59-34)19(43)15(42)9-37/h12,14-32,37-39,41-49H,3-11,35H2,1-2H3,(H,36,40)(H,50,51)/t12-,14-,15+,16+,17+,18+,19+,20+,21-,22-,23+,24+,25+,26+,27+,28-,29+,30-,31+,32-,34-/m0/s1. The van der Waals surface area contributed by atoms with E-state index in [-0.39, 0.29) is 6.61 Å². The summed E-state index contributed by atoms with van der Waals surface area (Å²) in [6, 6.07) is -1.60. The van der Waals surface area contributed by atoms with Crippen molar-refractivity contribution < 1.29 is 114 Å². The monoisotopic (exact) mass is 864 g/mol. The van der Waals surface area contributed by atoms with E-state index in [1.807, 2.05) is 0 Å². The van der Waals surface area contributed by atoms with Crippen LogP contribution < -0.4 is 11.1 Å². The van der Waals surface area contributed by atoms with E-state index in [2.05, 4.69) is 5.32 Å². The lowest BCUT2D eigenvalue weighted by Gasteiger charge is -2.52. The van der Waals surface area contributed by atoms with E-state index in [9.17, 15) is 76.0 Å². The summed E-state index contributed by atoms with van der Waals surface area (Å²) in [6.45, 7) is -0.167. The van der Waals surface area contributed by atoms with Crippen LogP contribution in [0.1, 0.15) is 39.5 Å². The number of aliphatic hydroxyl groups is 12. The van der Waals surface area contributed by atoms with Crippen LogP contribution in [0.5, 0.6) is 0 Å². The fourth-order valence-corrected chi connectivity index (χ4v) is 7.44. The number of carboxylic acids is 1. The Kier molecular flexibility index (Phi) is 18.5. The van der Waals surface area contributed by atoms with E-state index in [4.69, 9.17) is 43.6 Å². The molecule has 0 radical (unpaired) electrons. The van der Waals surface area contributed by atoms with Crippen molar-refractivity contribution >= 4 is 11.9 Å². The van der Waals surface area contributed by atoms with Crippen LogP contribution in [-0.4, -0.2) is 240 Å². The van der Waals surface area contributed by atoms with Crippen LogP contribution in [0.15, 0.2) is 0 Å². The first-order chi connectivity index (χ1) is 27.9. The second-order valence-electron chi connectivity index (χ2n) is 15.0. The maximum atomic E-state index is 13.1. The third-order valence-electron chi connectivity index (χ3n) is 10.7. The van der Waals surface area contributed by atoms with Gasteiger partial charge in [0, 0.05) is 20.0 Å². The molecule has 0 aromatic carbocycles. The minimum atomic E-state index is -3.11. The molecule has 4 saturated heterocycles. The Balaban J connectivity index is 1.72. The van der Waals surface area contributed by atoms with E-state index in [0.717, 1.165) is 6.92 Å². The van der Waals surface area contributed by atoms with Gasteiger partial charge in [-0.15, -0.1) is 0 Å². The number of aliphatic hydroxyl groups excluding tert-OH is 12. The molecular formula is C34H60N2O23. The molecule has 0 spiro atoms. The largest absolute Gasteiger partial charge is 0.477 e. The van der Waals surface area contributed by atoms with Crippen molar-refractivity contribution in [3.8, 4) is 0 Å². The van der Waals surface area contributed by atoms with Crippen LogP contribution in [0.25, 0.3) is 0 Å². The fourth-order valence-electron chi connectivity index (χ4n) is 7.44. The summed E-state index contributed by atoms with van der Waals surface area (Å²) in [5.74, 6) is -5.88. The number of amides is 1. The highest BCUT2D eigenvalue weighted by molar-refractivity contribution is 5.76. The summed E-state index contributed by atoms with van der Waals surface area (Å²) >= 11 is 0. The smallest absolute Gasteiger partial charge is 0.364 e. The average Bonchev–Trinajstić information content (AvgIpc) is 3.19. The predicted molar refractivity (Wildman–Crippen MR) is 188 cm³/mol. The van der Waals surface area contributed by atoms with Gasteiger partial charge in [0.1, 0.15) is 85.5 Å². The Labute approximate surface area is 337 Å². The molecule has 1 amide bonds. The molecule has 59 heavy (non-hydrogen) atoms. The van der Waals surface area contributed by atoms with Crippen LogP contribution in [0.3, 0.4) is 0 Å². The maximum Gasteiger partial charge on any atom is 0.364 e. The summed E-state index contributed by atoms with van der Waals surface area (Å²) in [7, 11) is 0. The fraction of sp³-hybridized carbons (Fsp3) is 0.941. The van der Waals surface area contributed by atoms with Gasteiger partial charge in [0.05, 0.1) is 38.1 Å². The van der Waals surface area contributed by atoms with Crippen LogP contribution in [0, 0.1) is 0 Å². The number of hydrogen-bond donors (Lipinski definition) is 15. The zero-order chi connectivity index (χ0) is 43.9. The summed E-state index contributed by atoms with van der Waals surface area (Å²) in [4.78, 5) is 25.1. The Morgan fingerprint density at radius 3 is 2.03 bits per heavy atom. The molecule has 4 rings (SSSR count). The SMILES string of the molecule is CC(=O)N[C@H]1[C@H]([C@H](O)[C@H](O)CO)O[C@](O[C@H]2[C@H](O[C@H]3[C@@H](O)[C@H](O)[C@@H](O)O[C@H]3C)[C@@H](O)[C@H](O[C@@H]3[C@@H](O)[C@H](OCCCCCN)O[C@H](CO)[C@H]3O)O[C@@H]2CO)(C(=O)O)C[C@@H]1O. The number of hydrogen-bond acceptors (Lipinski definition) is 23. The lowest BCUT2D eigenvalue weighted by Crippen LogP contribution is -2.71. The van der Waals surface area contributed by atoms with E-state index < -0.39 is 166 Å². The van der Waals surface area contributed by atoms with Crippen molar-refractivity contribution in [1.82, 2.24) is 5.32 Å². The molecule has 25 nitrogen and oxygen atoms in total. The number of aliphatic carboxylic acids is 1. The Hall–Kier alpha value is -1.90. The van der Waals surface area contributed by atoms with Gasteiger partial charge in [-0.2, -0.15) is 0 Å². The van der Waals surface area contributed by atoms with Gasteiger partial charge in [-0.25, -0.2) is 4.79 Å². The Bertz CT molecular complexity index is 1320. The molecule has 4 aliphatic rings. The number of carbonyl (C=O) groups excluding carboxylic acids is 1. The number of unbranched alkanes of at least 4 members (excludes halogenated alkanes) is 2.